The molecule has 2 unspecified atom stereocenters. The van der Waals surface area contributed by atoms with Crippen molar-refractivity contribution in [1.82, 2.24) is 0 Å². The first-order chi connectivity index (χ1) is 10.1. The van der Waals surface area contributed by atoms with Gasteiger partial charge in [0.05, 0.1) is 23.1 Å². The number of ether oxygens (including phenoxy) is 1. The molecule has 1 aromatic rings. The predicted octanol–water partition coefficient (Wildman–Crippen LogP) is 3.75. The fourth-order valence-electron chi connectivity index (χ4n) is 2.73. The Labute approximate surface area is 130 Å². The molecular weight excluding hydrogens is 288 g/mol. The van der Waals surface area contributed by atoms with E-state index < -0.39 is 0 Å². The number of nitrogens with zero attached hydrogens (tertiary/aromatic N) is 1. The summed E-state index contributed by atoms with van der Waals surface area (Å²) >= 11 is 6.03. The maximum atomic E-state index is 11.8. The monoisotopic (exact) mass is 306 g/mol. The van der Waals surface area contributed by atoms with Crippen LogP contribution in [0.3, 0.4) is 0 Å². The lowest BCUT2D eigenvalue weighted by Gasteiger charge is -2.29. The van der Waals surface area contributed by atoms with Crippen LogP contribution in [0.4, 0.5) is 5.69 Å². The van der Waals surface area contributed by atoms with Crippen LogP contribution in [0.2, 0.25) is 5.02 Å². The summed E-state index contributed by atoms with van der Waals surface area (Å²) in [5.74, 6) is -0.119. The number of nitriles is 1. The smallest absolute Gasteiger partial charge is 0.308 e. The van der Waals surface area contributed by atoms with Crippen LogP contribution < -0.4 is 5.32 Å². The molecule has 1 aliphatic carbocycles. The summed E-state index contributed by atoms with van der Waals surface area (Å²) in [6.07, 6.45) is 3.69. The van der Waals surface area contributed by atoms with E-state index in [1.807, 2.05) is 19.1 Å². The Morgan fingerprint density at radius 3 is 3.00 bits per heavy atom. The van der Waals surface area contributed by atoms with Crippen LogP contribution in [-0.2, 0) is 9.53 Å². The zero-order chi connectivity index (χ0) is 15.2. The third-order valence-corrected chi connectivity index (χ3v) is 4.07. The SMILES string of the molecule is CCOC(=O)C1CCCC(Nc2ccc(C#N)c(Cl)c2)C1. The van der Waals surface area contributed by atoms with E-state index in [1.54, 1.807) is 12.1 Å². The quantitative estimate of drug-likeness (QED) is 0.861. The fraction of sp³-hybridized carbons (Fsp3) is 0.500. The van der Waals surface area contributed by atoms with Crippen molar-refractivity contribution in [3.05, 3.63) is 28.8 Å². The summed E-state index contributed by atoms with van der Waals surface area (Å²) in [5.41, 5.74) is 1.35. The average molecular weight is 307 g/mol. The number of rotatable bonds is 4. The number of nitrogens with one attached hydrogen (secondary N) is 1. The highest BCUT2D eigenvalue weighted by Crippen LogP contribution is 2.29. The minimum atomic E-state index is -0.0955. The van der Waals surface area contributed by atoms with Gasteiger partial charge in [-0.25, -0.2) is 0 Å². The highest BCUT2D eigenvalue weighted by atomic mass is 35.5. The van der Waals surface area contributed by atoms with Crippen LogP contribution >= 0.6 is 11.6 Å². The molecule has 0 aliphatic heterocycles. The molecule has 0 aromatic heterocycles. The van der Waals surface area contributed by atoms with Crippen LogP contribution in [-0.4, -0.2) is 18.6 Å². The standard InChI is InChI=1S/C16H19ClN2O2/c1-2-21-16(20)11-4-3-5-13(8-11)19-14-7-6-12(10-18)15(17)9-14/h6-7,9,11,13,19H,2-5,8H2,1H3. The number of esters is 1. The Kier molecular flexibility index (Phi) is 5.46. The molecule has 5 heteroatoms. The fourth-order valence-corrected chi connectivity index (χ4v) is 2.95. The van der Waals surface area contributed by atoms with Crippen LogP contribution in [0, 0.1) is 17.2 Å². The third kappa shape index (κ3) is 4.12. The Morgan fingerprint density at radius 1 is 1.52 bits per heavy atom. The summed E-state index contributed by atoms with van der Waals surface area (Å²) in [7, 11) is 0. The van der Waals surface area contributed by atoms with Crippen LogP contribution in [0.15, 0.2) is 18.2 Å². The summed E-state index contributed by atoms with van der Waals surface area (Å²) in [6, 6.07) is 7.58. The van der Waals surface area contributed by atoms with Gasteiger partial charge in [0.2, 0.25) is 0 Å². The molecule has 0 heterocycles. The molecule has 1 N–H and O–H groups in total. The van der Waals surface area contributed by atoms with Crippen molar-refractivity contribution in [3.8, 4) is 6.07 Å². The first kappa shape index (κ1) is 15.7. The largest absolute Gasteiger partial charge is 0.466 e. The van der Waals surface area contributed by atoms with Crippen molar-refractivity contribution in [3.63, 3.8) is 0 Å². The summed E-state index contributed by atoms with van der Waals surface area (Å²) < 4.78 is 5.11. The van der Waals surface area contributed by atoms with Crippen molar-refractivity contribution >= 4 is 23.3 Å². The van der Waals surface area contributed by atoms with Gasteiger partial charge in [0, 0.05) is 11.7 Å². The van der Waals surface area contributed by atoms with Crippen LogP contribution in [0.25, 0.3) is 0 Å². The number of halogens is 1. The molecule has 4 nitrogen and oxygen atoms in total. The summed E-state index contributed by atoms with van der Waals surface area (Å²) in [4.78, 5) is 11.8. The zero-order valence-corrected chi connectivity index (χ0v) is 12.8. The van der Waals surface area contributed by atoms with Crippen LogP contribution in [0.1, 0.15) is 38.2 Å². The number of carbonyl (C=O) groups excluding carboxylic acids is 1. The van der Waals surface area contributed by atoms with Gasteiger partial charge in [-0.1, -0.05) is 18.0 Å². The van der Waals surface area contributed by atoms with Crippen molar-refractivity contribution in [1.29, 1.82) is 5.26 Å². The van der Waals surface area contributed by atoms with Gasteiger partial charge in [0.1, 0.15) is 6.07 Å². The van der Waals surface area contributed by atoms with Crippen molar-refractivity contribution in [2.45, 2.75) is 38.6 Å². The Bertz CT molecular complexity index is 554. The van der Waals surface area contributed by atoms with Crippen molar-refractivity contribution in [2.75, 3.05) is 11.9 Å². The van der Waals surface area contributed by atoms with Gasteiger partial charge in [-0.05, 0) is 44.4 Å². The number of hydrogen-bond donors (Lipinski definition) is 1. The van der Waals surface area contributed by atoms with Gasteiger partial charge in [0.25, 0.3) is 0 Å². The molecule has 2 atom stereocenters. The number of anilines is 1. The zero-order valence-electron chi connectivity index (χ0n) is 12.1. The second-order valence-corrected chi connectivity index (χ2v) is 5.67. The topological polar surface area (TPSA) is 62.1 Å². The molecule has 112 valence electrons. The molecule has 1 aromatic carbocycles. The minimum Gasteiger partial charge on any atom is -0.466 e. The number of hydrogen-bond acceptors (Lipinski definition) is 4. The molecule has 21 heavy (non-hydrogen) atoms. The Balaban J connectivity index is 1.98. The predicted molar refractivity (Wildman–Crippen MR) is 82.2 cm³/mol. The normalized spacial score (nSPS) is 21.4. The molecule has 0 spiro atoms. The molecule has 1 fully saturated rings. The van der Waals surface area contributed by atoms with E-state index in [1.165, 1.54) is 0 Å². The lowest BCUT2D eigenvalue weighted by molar-refractivity contribution is -0.149. The third-order valence-electron chi connectivity index (χ3n) is 3.75. The molecule has 0 radical (unpaired) electrons. The summed E-state index contributed by atoms with van der Waals surface area (Å²) in [6.45, 7) is 2.26. The molecular formula is C16H19ClN2O2. The van der Waals surface area contributed by atoms with E-state index in [0.717, 1.165) is 31.4 Å². The molecule has 0 saturated heterocycles. The van der Waals surface area contributed by atoms with E-state index in [0.29, 0.717) is 17.2 Å². The Hall–Kier alpha value is -1.73. The maximum absolute atomic E-state index is 11.8. The van der Waals surface area contributed by atoms with Crippen molar-refractivity contribution in [2.24, 2.45) is 5.92 Å². The van der Waals surface area contributed by atoms with E-state index >= 15 is 0 Å². The van der Waals surface area contributed by atoms with Gasteiger partial charge in [-0.2, -0.15) is 5.26 Å². The first-order valence-electron chi connectivity index (χ1n) is 7.26. The molecule has 0 bridgehead atoms. The van der Waals surface area contributed by atoms with E-state index in [4.69, 9.17) is 21.6 Å². The highest BCUT2D eigenvalue weighted by Gasteiger charge is 2.28. The molecule has 0 amide bonds. The lowest BCUT2D eigenvalue weighted by atomic mass is 9.85. The van der Waals surface area contributed by atoms with Gasteiger partial charge >= 0.3 is 5.97 Å². The van der Waals surface area contributed by atoms with Gasteiger partial charge in [-0.15, -0.1) is 0 Å². The highest BCUT2D eigenvalue weighted by molar-refractivity contribution is 6.32. The van der Waals surface area contributed by atoms with E-state index in [-0.39, 0.29) is 17.9 Å². The molecule has 1 saturated carbocycles. The lowest BCUT2D eigenvalue weighted by Crippen LogP contribution is -2.32. The van der Waals surface area contributed by atoms with Gasteiger partial charge in [-0.3, -0.25) is 4.79 Å². The summed E-state index contributed by atoms with van der Waals surface area (Å²) in [5, 5.41) is 12.7. The average Bonchev–Trinajstić information content (AvgIpc) is 2.48. The number of carbonyl (C=O) groups is 1. The van der Waals surface area contributed by atoms with Crippen molar-refractivity contribution < 1.29 is 9.53 Å². The molecule has 1 aliphatic rings. The maximum Gasteiger partial charge on any atom is 0.308 e. The van der Waals surface area contributed by atoms with Gasteiger partial charge in [0.15, 0.2) is 0 Å². The minimum absolute atomic E-state index is 0.0231. The van der Waals surface area contributed by atoms with E-state index in [9.17, 15) is 4.79 Å². The van der Waals surface area contributed by atoms with E-state index in [2.05, 4.69) is 5.32 Å². The second kappa shape index (κ2) is 7.33. The van der Waals surface area contributed by atoms with Crippen LogP contribution in [0.5, 0.6) is 0 Å². The Morgan fingerprint density at radius 2 is 2.33 bits per heavy atom. The number of benzene rings is 1. The molecule has 2 rings (SSSR count). The van der Waals surface area contributed by atoms with Gasteiger partial charge < -0.3 is 10.1 Å². The second-order valence-electron chi connectivity index (χ2n) is 5.26. The first-order valence-corrected chi connectivity index (χ1v) is 7.64.